The molecule has 0 bridgehead atoms. The van der Waals surface area contributed by atoms with E-state index in [-0.39, 0.29) is 6.61 Å². The zero-order valence-corrected chi connectivity index (χ0v) is 6.34. The predicted molar refractivity (Wildman–Crippen MR) is 41.8 cm³/mol. The first-order valence-electron chi connectivity index (χ1n) is 3.18. The van der Waals surface area contributed by atoms with Gasteiger partial charge >= 0.3 is 0 Å². The van der Waals surface area contributed by atoms with Gasteiger partial charge in [0, 0.05) is 0 Å². The topological polar surface area (TPSA) is 29.5 Å². The Labute approximate surface area is 61.8 Å². The average Bonchev–Trinajstić information content (AvgIpc) is 2.00. The zero-order valence-electron chi connectivity index (χ0n) is 6.34. The summed E-state index contributed by atoms with van der Waals surface area (Å²) in [5, 5.41) is 8.78. The fourth-order valence-corrected chi connectivity index (χ4v) is 0.418. The van der Waals surface area contributed by atoms with E-state index in [1.54, 1.807) is 19.1 Å². The molecule has 0 aliphatic heterocycles. The van der Waals surface area contributed by atoms with Crippen molar-refractivity contribution in [2.24, 2.45) is 0 Å². The summed E-state index contributed by atoms with van der Waals surface area (Å²) in [5.74, 6) is 0. The van der Waals surface area contributed by atoms with E-state index in [4.69, 9.17) is 9.84 Å². The minimum Gasteiger partial charge on any atom is -0.393 e. The summed E-state index contributed by atoms with van der Waals surface area (Å²) >= 11 is 0. The van der Waals surface area contributed by atoms with Crippen LogP contribution >= 0.6 is 0 Å². The minimum atomic E-state index is -0.617. The van der Waals surface area contributed by atoms with Crippen LogP contribution in [0.1, 0.15) is 6.92 Å². The number of aliphatic hydroxyl groups is 1. The molecule has 0 unspecified atom stereocenters. The van der Waals surface area contributed by atoms with Gasteiger partial charge in [-0.15, -0.1) is 13.2 Å². The van der Waals surface area contributed by atoms with Crippen LogP contribution in [0.5, 0.6) is 0 Å². The lowest BCUT2D eigenvalue weighted by Crippen LogP contribution is -2.30. The van der Waals surface area contributed by atoms with Crippen molar-refractivity contribution in [3.8, 4) is 0 Å². The van der Waals surface area contributed by atoms with Crippen molar-refractivity contribution >= 4 is 0 Å². The Morgan fingerprint density at radius 3 is 2.50 bits per heavy atom. The summed E-state index contributed by atoms with van der Waals surface area (Å²) in [4.78, 5) is 0. The SMILES string of the molecule is C=CCO[C@](C)(C=C)CO. The van der Waals surface area contributed by atoms with Gasteiger partial charge in [0.15, 0.2) is 0 Å². The molecule has 0 spiro atoms. The first kappa shape index (κ1) is 9.40. The Morgan fingerprint density at radius 1 is 1.60 bits per heavy atom. The molecule has 58 valence electrons. The van der Waals surface area contributed by atoms with Crippen LogP contribution < -0.4 is 0 Å². The molecule has 1 N–H and O–H groups in total. The molecule has 0 aromatic rings. The molecule has 0 aliphatic rings. The number of aliphatic hydroxyl groups excluding tert-OH is 1. The smallest absolute Gasteiger partial charge is 0.107 e. The van der Waals surface area contributed by atoms with Crippen LogP contribution in [-0.4, -0.2) is 23.9 Å². The highest BCUT2D eigenvalue weighted by molar-refractivity contribution is 4.93. The van der Waals surface area contributed by atoms with Gasteiger partial charge in [-0.3, -0.25) is 0 Å². The summed E-state index contributed by atoms with van der Waals surface area (Å²) in [7, 11) is 0. The van der Waals surface area contributed by atoms with E-state index in [2.05, 4.69) is 13.2 Å². The Hall–Kier alpha value is -0.600. The Bertz CT molecular complexity index is 120. The fraction of sp³-hybridized carbons (Fsp3) is 0.500. The van der Waals surface area contributed by atoms with Crippen molar-refractivity contribution in [2.75, 3.05) is 13.2 Å². The van der Waals surface area contributed by atoms with Crippen molar-refractivity contribution in [1.29, 1.82) is 0 Å². The van der Waals surface area contributed by atoms with Crippen molar-refractivity contribution in [1.82, 2.24) is 0 Å². The molecule has 0 aromatic carbocycles. The highest BCUT2D eigenvalue weighted by atomic mass is 16.5. The van der Waals surface area contributed by atoms with Gasteiger partial charge in [0.2, 0.25) is 0 Å². The highest BCUT2D eigenvalue weighted by Crippen LogP contribution is 2.09. The van der Waals surface area contributed by atoms with E-state index in [9.17, 15) is 0 Å². The van der Waals surface area contributed by atoms with E-state index in [1.807, 2.05) is 0 Å². The highest BCUT2D eigenvalue weighted by Gasteiger charge is 2.17. The molecular formula is C8H14O2. The number of ether oxygens (including phenoxy) is 1. The Morgan fingerprint density at radius 2 is 2.20 bits per heavy atom. The molecule has 0 aromatic heterocycles. The monoisotopic (exact) mass is 142 g/mol. The van der Waals surface area contributed by atoms with Crippen molar-refractivity contribution in [3.63, 3.8) is 0 Å². The third-order valence-corrected chi connectivity index (χ3v) is 1.28. The van der Waals surface area contributed by atoms with Gasteiger partial charge in [0.25, 0.3) is 0 Å². The fourth-order valence-electron chi connectivity index (χ4n) is 0.418. The number of rotatable bonds is 5. The van der Waals surface area contributed by atoms with E-state index >= 15 is 0 Å². The number of hydrogen-bond donors (Lipinski definition) is 1. The minimum absolute atomic E-state index is 0.0513. The Balaban J connectivity index is 3.79. The molecule has 0 amide bonds. The maximum Gasteiger partial charge on any atom is 0.107 e. The van der Waals surface area contributed by atoms with Gasteiger partial charge < -0.3 is 9.84 Å². The molecule has 0 saturated heterocycles. The molecule has 0 aliphatic carbocycles. The second-order valence-electron chi connectivity index (χ2n) is 2.27. The van der Waals surface area contributed by atoms with Gasteiger partial charge in [-0.1, -0.05) is 12.2 Å². The average molecular weight is 142 g/mol. The van der Waals surface area contributed by atoms with Gasteiger partial charge in [-0.05, 0) is 6.92 Å². The second kappa shape index (κ2) is 4.25. The van der Waals surface area contributed by atoms with Crippen LogP contribution in [0.4, 0.5) is 0 Å². The molecule has 0 saturated carbocycles. The van der Waals surface area contributed by atoms with Crippen LogP contribution in [0.2, 0.25) is 0 Å². The number of hydrogen-bond acceptors (Lipinski definition) is 2. The molecule has 1 atom stereocenters. The summed E-state index contributed by atoms with van der Waals surface area (Å²) in [6.07, 6.45) is 3.22. The zero-order chi connectivity index (χ0) is 8.04. The quantitative estimate of drug-likeness (QED) is 0.583. The molecule has 2 heteroatoms. The van der Waals surface area contributed by atoms with E-state index in [0.717, 1.165) is 0 Å². The van der Waals surface area contributed by atoms with E-state index < -0.39 is 5.60 Å². The maximum absolute atomic E-state index is 8.78. The standard InChI is InChI=1S/C8H14O2/c1-4-6-10-8(3,5-2)7-9/h4-5,9H,1-2,6-7H2,3H3/t8-/m1/s1. The van der Waals surface area contributed by atoms with Crippen molar-refractivity contribution in [2.45, 2.75) is 12.5 Å². The van der Waals surface area contributed by atoms with Gasteiger partial charge in [-0.2, -0.15) is 0 Å². The molecular weight excluding hydrogens is 128 g/mol. The van der Waals surface area contributed by atoms with Crippen molar-refractivity contribution < 1.29 is 9.84 Å². The lowest BCUT2D eigenvalue weighted by Gasteiger charge is -2.22. The lowest BCUT2D eigenvalue weighted by atomic mass is 10.1. The first-order chi connectivity index (χ1) is 4.68. The summed E-state index contributed by atoms with van der Waals surface area (Å²) in [6, 6.07) is 0. The molecule has 0 rings (SSSR count). The normalized spacial score (nSPS) is 15.8. The largest absolute Gasteiger partial charge is 0.393 e. The van der Waals surface area contributed by atoms with Crippen LogP contribution in [0.25, 0.3) is 0 Å². The summed E-state index contributed by atoms with van der Waals surface area (Å²) < 4.78 is 5.19. The maximum atomic E-state index is 8.78. The molecule has 0 radical (unpaired) electrons. The lowest BCUT2D eigenvalue weighted by molar-refractivity contribution is -0.0182. The summed E-state index contributed by atoms with van der Waals surface area (Å²) in [6.45, 7) is 9.18. The van der Waals surface area contributed by atoms with Crippen molar-refractivity contribution in [3.05, 3.63) is 25.3 Å². The second-order valence-corrected chi connectivity index (χ2v) is 2.27. The molecule has 2 nitrogen and oxygen atoms in total. The van der Waals surface area contributed by atoms with Gasteiger partial charge in [-0.25, -0.2) is 0 Å². The van der Waals surface area contributed by atoms with Gasteiger partial charge in [0.1, 0.15) is 5.60 Å². The molecule has 0 fully saturated rings. The summed E-state index contributed by atoms with van der Waals surface area (Å²) in [5.41, 5.74) is -0.617. The first-order valence-corrected chi connectivity index (χ1v) is 3.18. The third kappa shape index (κ3) is 2.80. The van der Waals surface area contributed by atoms with Gasteiger partial charge in [0.05, 0.1) is 13.2 Å². The predicted octanol–water partition coefficient (Wildman–Crippen LogP) is 1.13. The molecule has 0 heterocycles. The molecule has 10 heavy (non-hydrogen) atoms. The Kier molecular flexibility index (Phi) is 4.00. The van der Waals surface area contributed by atoms with Crippen LogP contribution in [0.3, 0.4) is 0 Å². The van der Waals surface area contributed by atoms with Crippen LogP contribution in [0, 0.1) is 0 Å². The van der Waals surface area contributed by atoms with E-state index in [1.165, 1.54) is 0 Å². The van der Waals surface area contributed by atoms with Crippen LogP contribution in [0.15, 0.2) is 25.3 Å². The van der Waals surface area contributed by atoms with Crippen LogP contribution in [-0.2, 0) is 4.74 Å². The van der Waals surface area contributed by atoms with E-state index in [0.29, 0.717) is 6.61 Å². The third-order valence-electron chi connectivity index (χ3n) is 1.28.